The first-order valence-corrected chi connectivity index (χ1v) is 15.4. The smallest absolute Gasteiger partial charge is 0.150 e. The van der Waals surface area contributed by atoms with Gasteiger partial charge in [-0.3, -0.25) is 9.79 Å². The average molecular weight is 562 g/mol. The standard InChI is InChI=1S/C19H27N3.C12H16N2O.2C2H6/c1-6-10-17-14-22-19(20-5)12-18(17)11-15(7-2)16(8-3)13-21-9-4;1-10-7-11(9-15)8-12(13-10)14-5-3-2-4-6-14;2*1-2/h7-8,10-14,20H,6,9H2,1-5H3;7-9H,2-6H2,1H3;2*1-2H3/b15-7+,16-8+,17-10+,18-11-,21-13?;;;. The van der Waals surface area contributed by atoms with Crippen LogP contribution in [0.25, 0.3) is 12.2 Å². The van der Waals surface area contributed by atoms with Crippen molar-refractivity contribution in [1.29, 1.82) is 0 Å². The van der Waals surface area contributed by atoms with E-state index in [1.165, 1.54) is 30.1 Å². The van der Waals surface area contributed by atoms with Crippen LogP contribution >= 0.6 is 0 Å². The van der Waals surface area contributed by atoms with Crippen molar-refractivity contribution in [1.82, 2.24) is 9.97 Å². The molecule has 0 amide bonds. The van der Waals surface area contributed by atoms with Crippen LogP contribution in [0.5, 0.6) is 0 Å². The maximum atomic E-state index is 10.7. The summed E-state index contributed by atoms with van der Waals surface area (Å²) >= 11 is 0. The number of nitrogens with one attached hydrogen (secondary N) is 1. The zero-order valence-electron chi connectivity index (χ0n) is 27.4. The molecule has 1 saturated heterocycles. The van der Waals surface area contributed by atoms with Crippen LogP contribution in [0, 0.1) is 6.92 Å². The van der Waals surface area contributed by atoms with Crippen LogP contribution in [0.1, 0.15) is 97.1 Å². The summed E-state index contributed by atoms with van der Waals surface area (Å²) in [5, 5.41) is 5.42. The molecule has 0 unspecified atom stereocenters. The minimum Gasteiger partial charge on any atom is -0.373 e. The summed E-state index contributed by atoms with van der Waals surface area (Å²) in [6.45, 7) is 21.1. The Morgan fingerprint density at radius 2 is 1.63 bits per heavy atom. The summed E-state index contributed by atoms with van der Waals surface area (Å²) in [6, 6.07) is 5.78. The predicted molar refractivity (Wildman–Crippen MR) is 182 cm³/mol. The van der Waals surface area contributed by atoms with Gasteiger partial charge >= 0.3 is 0 Å². The van der Waals surface area contributed by atoms with Gasteiger partial charge in [0, 0.05) is 50.4 Å². The maximum Gasteiger partial charge on any atom is 0.150 e. The van der Waals surface area contributed by atoms with Gasteiger partial charge in [-0.15, -0.1) is 0 Å². The molecule has 0 bridgehead atoms. The Hall–Kier alpha value is -3.54. The van der Waals surface area contributed by atoms with E-state index in [1.807, 2.05) is 80.1 Å². The third-order valence-corrected chi connectivity index (χ3v) is 6.11. The Morgan fingerprint density at radius 1 is 0.976 bits per heavy atom. The SMILES string of the molecule is C/C=C(C=NCC)/C(/C=c1/cc(NC)nc/c1=C\CC)=C/C.CC.CC.Cc1cc(C=O)cc(N2CCCCC2)n1. The minimum absolute atomic E-state index is 0.725. The molecule has 2 aromatic rings. The number of carbonyl (C=O) groups excluding carboxylic acids is 1. The first-order chi connectivity index (χ1) is 20.0. The van der Waals surface area contributed by atoms with E-state index in [4.69, 9.17) is 0 Å². The number of nitrogens with zero attached hydrogens (tertiary/aromatic N) is 4. The number of aliphatic imine (C=N–C) groups is 1. The lowest BCUT2D eigenvalue weighted by atomic mass is 10.0. The van der Waals surface area contributed by atoms with E-state index in [0.717, 1.165) is 66.0 Å². The van der Waals surface area contributed by atoms with Crippen molar-refractivity contribution < 1.29 is 4.79 Å². The summed E-state index contributed by atoms with van der Waals surface area (Å²) in [7, 11) is 1.89. The van der Waals surface area contributed by atoms with E-state index in [1.54, 1.807) is 0 Å². The number of allylic oxidation sites excluding steroid dienone is 4. The van der Waals surface area contributed by atoms with E-state index < -0.39 is 0 Å². The molecule has 0 atom stereocenters. The van der Waals surface area contributed by atoms with Crippen LogP contribution in [0.2, 0.25) is 0 Å². The van der Waals surface area contributed by atoms with Gasteiger partial charge in [-0.25, -0.2) is 9.97 Å². The highest BCUT2D eigenvalue weighted by Gasteiger charge is 2.12. The Bertz CT molecular complexity index is 1220. The van der Waals surface area contributed by atoms with Crippen molar-refractivity contribution >= 4 is 36.3 Å². The molecule has 226 valence electrons. The number of anilines is 2. The summed E-state index contributed by atoms with van der Waals surface area (Å²) in [4.78, 5) is 26.2. The third-order valence-electron chi connectivity index (χ3n) is 6.11. The Balaban J connectivity index is 0.000000730. The lowest BCUT2D eigenvalue weighted by molar-refractivity contribution is 0.112. The number of hydrogen-bond donors (Lipinski definition) is 1. The zero-order valence-corrected chi connectivity index (χ0v) is 27.4. The monoisotopic (exact) mass is 561 g/mol. The molecule has 0 saturated carbocycles. The second-order valence-corrected chi connectivity index (χ2v) is 8.89. The van der Waals surface area contributed by atoms with E-state index >= 15 is 0 Å². The van der Waals surface area contributed by atoms with Gasteiger partial charge in [0.25, 0.3) is 0 Å². The van der Waals surface area contributed by atoms with Gasteiger partial charge in [0.15, 0.2) is 0 Å². The Morgan fingerprint density at radius 3 is 2.17 bits per heavy atom. The quantitative estimate of drug-likeness (QED) is 0.208. The van der Waals surface area contributed by atoms with Gasteiger partial charge in [-0.2, -0.15) is 0 Å². The largest absolute Gasteiger partial charge is 0.373 e. The highest BCUT2D eigenvalue weighted by Crippen LogP contribution is 2.19. The zero-order chi connectivity index (χ0) is 31.0. The van der Waals surface area contributed by atoms with E-state index in [-0.39, 0.29) is 0 Å². The number of pyridine rings is 2. The molecule has 0 aromatic carbocycles. The number of aromatic nitrogens is 2. The molecule has 6 heteroatoms. The van der Waals surface area contributed by atoms with E-state index in [9.17, 15) is 4.79 Å². The Kier molecular flexibility index (Phi) is 21.2. The fourth-order valence-electron chi connectivity index (χ4n) is 4.17. The molecule has 0 aliphatic carbocycles. The highest BCUT2D eigenvalue weighted by atomic mass is 16.1. The fraction of sp³-hybridized carbons (Fsp3) is 0.486. The molecule has 1 fully saturated rings. The van der Waals surface area contributed by atoms with E-state index in [2.05, 4.69) is 69.4 Å². The molecule has 41 heavy (non-hydrogen) atoms. The van der Waals surface area contributed by atoms with Gasteiger partial charge in [-0.05, 0) is 99.2 Å². The average Bonchev–Trinajstić information content (AvgIpc) is 3.03. The second-order valence-electron chi connectivity index (χ2n) is 8.89. The van der Waals surface area contributed by atoms with Crippen molar-refractivity contribution in [3.8, 4) is 0 Å². The molecule has 3 rings (SSSR count). The topological polar surface area (TPSA) is 70.5 Å². The fourth-order valence-corrected chi connectivity index (χ4v) is 4.17. The number of piperidine rings is 1. The van der Waals surface area contributed by atoms with Gasteiger partial charge in [-0.1, -0.05) is 52.8 Å². The molecular weight excluding hydrogens is 506 g/mol. The molecule has 2 aromatic heterocycles. The van der Waals surface area contributed by atoms with Crippen LogP contribution in [0.4, 0.5) is 11.6 Å². The summed E-state index contributed by atoms with van der Waals surface area (Å²) in [5.41, 5.74) is 3.94. The van der Waals surface area contributed by atoms with Crippen LogP contribution in [-0.2, 0) is 0 Å². The van der Waals surface area contributed by atoms with Crippen molar-refractivity contribution in [2.45, 2.75) is 88.0 Å². The minimum atomic E-state index is 0.725. The van der Waals surface area contributed by atoms with Crippen LogP contribution in [-0.4, -0.2) is 49.2 Å². The highest BCUT2D eigenvalue weighted by molar-refractivity contribution is 5.89. The third kappa shape index (κ3) is 13.6. The maximum absolute atomic E-state index is 10.7. The van der Waals surface area contributed by atoms with E-state index in [0.29, 0.717) is 0 Å². The molecule has 3 heterocycles. The van der Waals surface area contributed by atoms with Gasteiger partial charge < -0.3 is 10.2 Å². The molecular formula is C35H55N5O. The molecule has 0 spiro atoms. The molecule has 1 N–H and O–H groups in total. The molecule has 6 nitrogen and oxygen atoms in total. The molecule has 1 aliphatic heterocycles. The van der Waals surface area contributed by atoms with Gasteiger partial charge in [0.2, 0.25) is 0 Å². The lowest BCUT2D eigenvalue weighted by Gasteiger charge is -2.28. The first kappa shape index (κ1) is 37.5. The summed E-state index contributed by atoms with van der Waals surface area (Å²) < 4.78 is 0. The first-order valence-electron chi connectivity index (χ1n) is 15.4. The normalized spacial score (nSPS) is 14.3. The number of rotatable bonds is 8. The van der Waals surface area contributed by atoms with Crippen molar-refractivity contribution in [3.05, 3.63) is 69.4 Å². The van der Waals surface area contributed by atoms with Gasteiger partial charge in [0.05, 0.1) is 0 Å². The lowest BCUT2D eigenvalue weighted by Crippen LogP contribution is -2.30. The van der Waals surface area contributed by atoms with Crippen LogP contribution in [0.15, 0.2) is 52.7 Å². The number of aryl methyl sites for hydroxylation is 1. The van der Waals surface area contributed by atoms with Crippen LogP contribution in [0.3, 0.4) is 0 Å². The number of aldehydes is 1. The van der Waals surface area contributed by atoms with Crippen molar-refractivity contribution in [2.75, 3.05) is 36.9 Å². The number of hydrogen-bond acceptors (Lipinski definition) is 6. The molecule has 0 radical (unpaired) electrons. The second kappa shape index (κ2) is 23.2. The Labute approximate surface area is 250 Å². The predicted octanol–water partition coefficient (Wildman–Crippen LogP) is 7.32. The summed E-state index contributed by atoms with van der Waals surface area (Å²) in [5.74, 6) is 1.83. The summed E-state index contributed by atoms with van der Waals surface area (Å²) in [6.07, 6.45) is 18.1. The number of carbonyl (C=O) groups is 1. The molecule has 1 aliphatic rings. The van der Waals surface area contributed by atoms with Crippen LogP contribution < -0.4 is 20.7 Å². The van der Waals surface area contributed by atoms with Crippen molar-refractivity contribution in [2.24, 2.45) is 4.99 Å². The van der Waals surface area contributed by atoms with Crippen molar-refractivity contribution in [3.63, 3.8) is 0 Å². The van der Waals surface area contributed by atoms with Gasteiger partial charge in [0.1, 0.15) is 17.9 Å².